The summed E-state index contributed by atoms with van der Waals surface area (Å²) in [4.78, 5) is 11.3. The van der Waals surface area contributed by atoms with E-state index in [2.05, 4.69) is 10.0 Å². The molecule has 0 heterocycles. The van der Waals surface area contributed by atoms with Gasteiger partial charge in [-0.05, 0) is 19.1 Å². The van der Waals surface area contributed by atoms with E-state index in [0.29, 0.717) is 0 Å². The number of sulfonamides is 1. The lowest BCUT2D eigenvalue weighted by Gasteiger charge is -2.09. The predicted molar refractivity (Wildman–Crippen MR) is 75.5 cm³/mol. The summed E-state index contributed by atoms with van der Waals surface area (Å²) in [6, 6.07) is 7.43. The van der Waals surface area contributed by atoms with Crippen LogP contribution in [0.4, 0.5) is 0 Å². The summed E-state index contributed by atoms with van der Waals surface area (Å²) < 4.78 is 25.9. The molecule has 0 spiro atoms. The van der Waals surface area contributed by atoms with Crippen molar-refractivity contribution in [2.45, 2.75) is 17.9 Å². The lowest BCUT2D eigenvalue weighted by atomic mass is 10.3. The highest BCUT2D eigenvalue weighted by atomic mass is 35.5. The molecule has 0 aliphatic heterocycles. The molecule has 0 saturated carbocycles. The monoisotopic (exact) mass is 307 g/mol. The summed E-state index contributed by atoms with van der Waals surface area (Å²) in [7, 11) is -3.51. The first-order valence-corrected chi connectivity index (χ1v) is 7.00. The first-order chi connectivity index (χ1) is 8.43. The predicted octanol–water partition coefficient (Wildman–Crippen LogP) is -0.150. The second-order valence-electron chi connectivity index (χ2n) is 3.79. The number of hydrogen-bond acceptors (Lipinski definition) is 4. The molecule has 0 bridgehead atoms. The Morgan fingerprint density at radius 1 is 1.26 bits per heavy atom. The highest BCUT2D eigenvalue weighted by Crippen LogP contribution is 2.06. The first kappa shape index (κ1) is 17.8. The Morgan fingerprint density at radius 2 is 1.84 bits per heavy atom. The van der Waals surface area contributed by atoms with Gasteiger partial charge in [0.05, 0.1) is 10.9 Å². The van der Waals surface area contributed by atoms with Gasteiger partial charge >= 0.3 is 0 Å². The molecule has 1 atom stereocenters. The zero-order valence-corrected chi connectivity index (χ0v) is 12.1. The smallest absolute Gasteiger partial charge is 0.240 e. The maximum absolute atomic E-state index is 11.8. The van der Waals surface area contributed by atoms with Crippen LogP contribution in [0.1, 0.15) is 6.92 Å². The van der Waals surface area contributed by atoms with Crippen molar-refractivity contribution in [2.24, 2.45) is 5.73 Å². The molecular weight excluding hydrogens is 290 g/mol. The molecule has 0 fully saturated rings. The molecular formula is C11H18ClN3O3S. The molecule has 0 unspecified atom stereocenters. The fourth-order valence-corrected chi connectivity index (χ4v) is 2.27. The van der Waals surface area contributed by atoms with Crippen LogP contribution < -0.4 is 15.8 Å². The van der Waals surface area contributed by atoms with Gasteiger partial charge in [0.15, 0.2) is 0 Å². The third-order valence-corrected chi connectivity index (χ3v) is 3.66. The molecule has 1 rings (SSSR count). The quantitative estimate of drug-likeness (QED) is 0.636. The minimum atomic E-state index is -3.51. The zero-order chi connectivity index (χ0) is 13.6. The Kier molecular flexibility index (Phi) is 7.62. The molecule has 1 amide bonds. The Bertz CT molecular complexity index is 491. The molecule has 0 radical (unpaired) electrons. The molecule has 1 aromatic rings. The third kappa shape index (κ3) is 6.02. The van der Waals surface area contributed by atoms with E-state index < -0.39 is 16.1 Å². The van der Waals surface area contributed by atoms with Gasteiger partial charge in [0.25, 0.3) is 0 Å². The van der Waals surface area contributed by atoms with Gasteiger partial charge < -0.3 is 11.1 Å². The summed E-state index contributed by atoms with van der Waals surface area (Å²) in [6.07, 6.45) is 0. The molecule has 0 saturated heterocycles. The van der Waals surface area contributed by atoms with Crippen LogP contribution in [0.25, 0.3) is 0 Å². The second kappa shape index (κ2) is 8.11. The van der Waals surface area contributed by atoms with Crippen LogP contribution in [0.15, 0.2) is 35.2 Å². The summed E-state index contributed by atoms with van der Waals surface area (Å²) >= 11 is 0. The fraction of sp³-hybridized carbons (Fsp3) is 0.364. The third-order valence-electron chi connectivity index (χ3n) is 2.18. The van der Waals surface area contributed by atoms with Crippen LogP contribution in [-0.2, 0) is 14.8 Å². The van der Waals surface area contributed by atoms with Crippen molar-refractivity contribution in [1.82, 2.24) is 10.0 Å². The van der Waals surface area contributed by atoms with Crippen LogP contribution in [-0.4, -0.2) is 33.5 Å². The number of nitrogens with two attached hydrogens (primary N) is 1. The van der Waals surface area contributed by atoms with E-state index in [1.54, 1.807) is 25.1 Å². The molecule has 108 valence electrons. The number of halogens is 1. The topological polar surface area (TPSA) is 101 Å². The van der Waals surface area contributed by atoms with Crippen molar-refractivity contribution in [3.05, 3.63) is 30.3 Å². The number of carbonyl (C=O) groups is 1. The lowest BCUT2D eigenvalue weighted by Crippen LogP contribution is -2.41. The van der Waals surface area contributed by atoms with Gasteiger partial charge in [0.1, 0.15) is 0 Å². The highest BCUT2D eigenvalue weighted by Gasteiger charge is 2.12. The van der Waals surface area contributed by atoms with Crippen molar-refractivity contribution in [3.8, 4) is 0 Å². The molecule has 6 nitrogen and oxygen atoms in total. The number of carbonyl (C=O) groups excluding carboxylic acids is 1. The molecule has 19 heavy (non-hydrogen) atoms. The van der Waals surface area contributed by atoms with Crippen LogP contribution >= 0.6 is 12.4 Å². The molecule has 0 aliphatic rings. The van der Waals surface area contributed by atoms with E-state index in [1.165, 1.54) is 12.1 Å². The maximum atomic E-state index is 11.8. The van der Waals surface area contributed by atoms with Crippen LogP contribution in [0.2, 0.25) is 0 Å². The molecule has 0 aliphatic carbocycles. The zero-order valence-electron chi connectivity index (χ0n) is 10.5. The van der Waals surface area contributed by atoms with E-state index in [4.69, 9.17) is 5.73 Å². The van der Waals surface area contributed by atoms with Crippen molar-refractivity contribution < 1.29 is 13.2 Å². The Labute approximate surface area is 119 Å². The minimum Gasteiger partial charge on any atom is -0.353 e. The van der Waals surface area contributed by atoms with Crippen molar-refractivity contribution in [1.29, 1.82) is 0 Å². The van der Waals surface area contributed by atoms with Crippen LogP contribution in [0.3, 0.4) is 0 Å². The van der Waals surface area contributed by atoms with Gasteiger partial charge in [-0.15, -0.1) is 12.4 Å². The average molecular weight is 308 g/mol. The minimum absolute atomic E-state index is 0. The number of rotatable bonds is 6. The van der Waals surface area contributed by atoms with Crippen molar-refractivity contribution in [2.75, 3.05) is 13.1 Å². The Morgan fingerprint density at radius 3 is 2.37 bits per heavy atom. The van der Waals surface area contributed by atoms with Crippen LogP contribution in [0.5, 0.6) is 0 Å². The van der Waals surface area contributed by atoms with E-state index in [1.807, 2.05) is 0 Å². The number of amides is 1. The van der Waals surface area contributed by atoms with Gasteiger partial charge in [0, 0.05) is 13.1 Å². The summed E-state index contributed by atoms with van der Waals surface area (Å²) in [6.45, 7) is 1.88. The number of nitrogens with one attached hydrogen (secondary N) is 2. The molecule has 8 heteroatoms. The van der Waals surface area contributed by atoms with Gasteiger partial charge in [0.2, 0.25) is 15.9 Å². The van der Waals surface area contributed by atoms with Gasteiger partial charge in [-0.1, -0.05) is 18.2 Å². The summed E-state index contributed by atoms with van der Waals surface area (Å²) in [5.41, 5.74) is 5.34. The fourth-order valence-electron chi connectivity index (χ4n) is 1.22. The van der Waals surface area contributed by atoms with E-state index in [-0.39, 0.29) is 36.3 Å². The van der Waals surface area contributed by atoms with E-state index >= 15 is 0 Å². The molecule has 4 N–H and O–H groups in total. The summed E-state index contributed by atoms with van der Waals surface area (Å²) in [5.74, 6) is -0.311. The Balaban J connectivity index is 0.00000324. The Hall–Kier alpha value is -1.15. The molecule has 0 aromatic heterocycles. The highest BCUT2D eigenvalue weighted by molar-refractivity contribution is 7.89. The van der Waals surface area contributed by atoms with Crippen molar-refractivity contribution >= 4 is 28.3 Å². The van der Waals surface area contributed by atoms with Crippen LogP contribution in [0, 0.1) is 0 Å². The van der Waals surface area contributed by atoms with E-state index in [0.717, 1.165) is 0 Å². The van der Waals surface area contributed by atoms with E-state index in [9.17, 15) is 13.2 Å². The van der Waals surface area contributed by atoms with Gasteiger partial charge in [-0.25, -0.2) is 13.1 Å². The SMILES string of the molecule is C[C@@H](N)C(=O)NCCNS(=O)(=O)c1ccccc1.Cl. The van der Waals surface area contributed by atoms with Gasteiger partial charge in [-0.2, -0.15) is 0 Å². The normalized spacial score (nSPS) is 12.3. The van der Waals surface area contributed by atoms with Crippen molar-refractivity contribution in [3.63, 3.8) is 0 Å². The standard InChI is InChI=1S/C11H17N3O3S.ClH/c1-9(12)11(15)13-7-8-14-18(16,17)10-5-3-2-4-6-10;/h2-6,9,14H,7-8,12H2,1H3,(H,13,15);1H/t9-;/m1./s1. The first-order valence-electron chi connectivity index (χ1n) is 5.51. The second-order valence-corrected chi connectivity index (χ2v) is 5.56. The average Bonchev–Trinajstić information content (AvgIpc) is 2.35. The summed E-state index contributed by atoms with van der Waals surface area (Å²) in [5, 5.41) is 2.52. The maximum Gasteiger partial charge on any atom is 0.240 e. The molecule has 1 aromatic carbocycles. The van der Waals surface area contributed by atoms with Gasteiger partial charge in [-0.3, -0.25) is 4.79 Å². The largest absolute Gasteiger partial charge is 0.353 e. The number of benzene rings is 1. The lowest BCUT2D eigenvalue weighted by molar-refractivity contribution is -0.121. The number of hydrogen-bond donors (Lipinski definition) is 3.